The van der Waals surface area contributed by atoms with E-state index in [-0.39, 0.29) is 5.41 Å². The molecule has 0 saturated heterocycles. The van der Waals surface area contributed by atoms with Gasteiger partial charge in [0, 0.05) is 18.9 Å². The smallest absolute Gasteiger partial charge is 0.310 e. The minimum atomic E-state index is -0.683. The van der Waals surface area contributed by atoms with Gasteiger partial charge in [-0.2, -0.15) is 5.10 Å². The summed E-state index contributed by atoms with van der Waals surface area (Å²) in [5, 5.41) is 14.1. The molecule has 1 aliphatic rings. The average molecular weight is 279 g/mol. The first kappa shape index (κ1) is 15.0. The van der Waals surface area contributed by atoms with Crippen molar-refractivity contribution >= 4 is 5.97 Å². The van der Waals surface area contributed by atoms with Crippen LogP contribution in [0.4, 0.5) is 0 Å². The van der Waals surface area contributed by atoms with Crippen molar-refractivity contribution in [1.82, 2.24) is 14.8 Å². The summed E-state index contributed by atoms with van der Waals surface area (Å²) in [6, 6.07) is 0. The Bertz CT molecular complexity index is 494. The zero-order chi connectivity index (χ0) is 15.0. The Morgan fingerprint density at radius 1 is 1.30 bits per heavy atom. The molecule has 1 aliphatic carbocycles. The topological polar surface area (TPSA) is 68.0 Å². The van der Waals surface area contributed by atoms with Gasteiger partial charge in [0.1, 0.15) is 5.82 Å². The van der Waals surface area contributed by atoms with Gasteiger partial charge in [-0.05, 0) is 12.8 Å². The maximum atomic E-state index is 11.7. The maximum Gasteiger partial charge on any atom is 0.310 e. The van der Waals surface area contributed by atoms with Gasteiger partial charge in [0.25, 0.3) is 0 Å². The van der Waals surface area contributed by atoms with Crippen LogP contribution in [0.1, 0.15) is 64.5 Å². The fraction of sp³-hybridized carbons (Fsp3) is 0.800. The van der Waals surface area contributed by atoms with E-state index >= 15 is 0 Å². The molecule has 5 heteroatoms. The summed E-state index contributed by atoms with van der Waals surface area (Å²) in [6.07, 6.45) is 5.12. The number of rotatable bonds is 3. The summed E-state index contributed by atoms with van der Waals surface area (Å²) in [5.41, 5.74) is -0.757. The van der Waals surface area contributed by atoms with Crippen molar-refractivity contribution in [3.05, 3.63) is 11.6 Å². The molecule has 1 aromatic rings. The lowest BCUT2D eigenvalue weighted by molar-refractivity contribution is -0.151. The summed E-state index contributed by atoms with van der Waals surface area (Å²) in [4.78, 5) is 16.3. The fourth-order valence-electron chi connectivity index (χ4n) is 2.89. The molecule has 0 aromatic carbocycles. The van der Waals surface area contributed by atoms with Crippen LogP contribution in [-0.2, 0) is 23.7 Å². The summed E-state index contributed by atoms with van der Waals surface area (Å²) in [6.45, 7) is 6.21. The zero-order valence-corrected chi connectivity index (χ0v) is 12.9. The number of nitrogens with zero attached hydrogens (tertiary/aromatic N) is 3. The van der Waals surface area contributed by atoms with Crippen molar-refractivity contribution < 1.29 is 9.90 Å². The summed E-state index contributed by atoms with van der Waals surface area (Å²) in [7, 11) is 1.86. The van der Waals surface area contributed by atoms with E-state index in [1.807, 2.05) is 7.05 Å². The molecule has 0 bridgehead atoms. The number of carboxylic acid groups (broad SMARTS) is 1. The van der Waals surface area contributed by atoms with Crippen LogP contribution in [0.2, 0.25) is 0 Å². The molecule has 0 radical (unpaired) electrons. The number of hydrogen-bond acceptors (Lipinski definition) is 3. The van der Waals surface area contributed by atoms with E-state index in [2.05, 4.69) is 30.9 Å². The number of hydrogen-bond donors (Lipinski definition) is 1. The Kier molecular flexibility index (Phi) is 3.89. The number of aromatic nitrogens is 3. The van der Waals surface area contributed by atoms with Crippen LogP contribution in [0, 0.1) is 5.41 Å². The molecule has 1 aromatic heterocycles. The zero-order valence-electron chi connectivity index (χ0n) is 12.9. The number of aryl methyl sites for hydroxylation is 1. The highest BCUT2D eigenvalue weighted by Gasteiger charge is 2.41. The largest absolute Gasteiger partial charge is 0.481 e. The predicted molar refractivity (Wildman–Crippen MR) is 76.6 cm³/mol. The van der Waals surface area contributed by atoms with E-state index in [0.717, 1.165) is 43.8 Å². The van der Waals surface area contributed by atoms with E-state index in [0.29, 0.717) is 6.42 Å². The highest BCUT2D eigenvalue weighted by molar-refractivity contribution is 5.75. The van der Waals surface area contributed by atoms with Gasteiger partial charge in [0.05, 0.1) is 5.41 Å². The average Bonchev–Trinajstić information content (AvgIpc) is 2.72. The molecular formula is C15H25N3O2. The molecule has 0 aliphatic heterocycles. The second kappa shape index (κ2) is 5.19. The van der Waals surface area contributed by atoms with Crippen molar-refractivity contribution in [2.75, 3.05) is 0 Å². The lowest BCUT2D eigenvalue weighted by atomic mass is 9.71. The van der Waals surface area contributed by atoms with Gasteiger partial charge in [-0.3, -0.25) is 9.48 Å². The standard InChI is InChI=1S/C15H25N3O2/c1-14(2,3)12-16-11(18(4)17-12)10-15(13(19)20)8-6-5-7-9-15/h5-10H2,1-4H3,(H,19,20). The van der Waals surface area contributed by atoms with E-state index < -0.39 is 11.4 Å². The monoisotopic (exact) mass is 279 g/mol. The lowest BCUT2D eigenvalue weighted by Gasteiger charge is -2.32. The Hall–Kier alpha value is -1.39. The Balaban J connectivity index is 2.28. The molecular weight excluding hydrogens is 254 g/mol. The van der Waals surface area contributed by atoms with Crippen molar-refractivity contribution in [3.8, 4) is 0 Å². The Morgan fingerprint density at radius 3 is 2.35 bits per heavy atom. The van der Waals surface area contributed by atoms with Crippen LogP contribution >= 0.6 is 0 Å². The number of carbonyl (C=O) groups is 1. The number of carboxylic acids is 1. The second-order valence-electron chi connectivity index (χ2n) is 7.05. The highest BCUT2D eigenvalue weighted by Crippen LogP contribution is 2.39. The minimum Gasteiger partial charge on any atom is -0.481 e. The summed E-state index contributed by atoms with van der Waals surface area (Å²) < 4.78 is 1.75. The van der Waals surface area contributed by atoms with Crippen LogP contribution in [0.25, 0.3) is 0 Å². The van der Waals surface area contributed by atoms with Gasteiger partial charge in [-0.1, -0.05) is 40.0 Å². The number of aliphatic carboxylic acids is 1. The van der Waals surface area contributed by atoms with Crippen molar-refractivity contribution in [2.24, 2.45) is 12.5 Å². The molecule has 2 rings (SSSR count). The van der Waals surface area contributed by atoms with Gasteiger partial charge < -0.3 is 5.11 Å². The molecule has 1 fully saturated rings. The molecule has 0 unspecified atom stereocenters. The molecule has 20 heavy (non-hydrogen) atoms. The van der Waals surface area contributed by atoms with Crippen molar-refractivity contribution in [2.45, 2.75) is 64.7 Å². The van der Waals surface area contributed by atoms with Gasteiger partial charge in [0.2, 0.25) is 0 Å². The lowest BCUT2D eigenvalue weighted by Crippen LogP contribution is -2.36. The summed E-state index contributed by atoms with van der Waals surface area (Å²) >= 11 is 0. The third-order valence-corrected chi connectivity index (χ3v) is 4.28. The highest BCUT2D eigenvalue weighted by atomic mass is 16.4. The van der Waals surface area contributed by atoms with Crippen LogP contribution in [0.5, 0.6) is 0 Å². The van der Waals surface area contributed by atoms with Crippen LogP contribution < -0.4 is 0 Å². The van der Waals surface area contributed by atoms with E-state index in [1.54, 1.807) is 4.68 Å². The van der Waals surface area contributed by atoms with Gasteiger partial charge in [0.15, 0.2) is 5.82 Å². The van der Waals surface area contributed by atoms with Crippen LogP contribution in [-0.4, -0.2) is 25.8 Å². The van der Waals surface area contributed by atoms with Gasteiger partial charge >= 0.3 is 5.97 Å². The minimum absolute atomic E-state index is 0.112. The quantitative estimate of drug-likeness (QED) is 0.923. The molecule has 1 heterocycles. The molecule has 0 atom stereocenters. The molecule has 0 spiro atoms. The van der Waals surface area contributed by atoms with Gasteiger partial charge in [-0.15, -0.1) is 0 Å². The van der Waals surface area contributed by atoms with Crippen LogP contribution in [0.15, 0.2) is 0 Å². The van der Waals surface area contributed by atoms with Crippen molar-refractivity contribution in [1.29, 1.82) is 0 Å². The molecule has 1 N–H and O–H groups in total. The second-order valence-corrected chi connectivity index (χ2v) is 7.05. The first-order valence-corrected chi connectivity index (χ1v) is 7.38. The van der Waals surface area contributed by atoms with E-state index in [1.165, 1.54) is 0 Å². The maximum absolute atomic E-state index is 11.7. The third kappa shape index (κ3) is 2.86. The first-order valence-electron chi connectivity index (χ1n) is 7.38. The fourth-order valence-corrected chi connectivity index (χ4v) is 2.89. The molecule has 1 saturated carbocycles. The Labute approximate surface area is 120 Å². The molecule has 0 amide bonds. The Morgan fingerprint density at radius 2 is 1.90 bits per heavy atom. The van der Waals surface area contributed by atoms with E-state index in [4.69, 9.17) is 0 Å². The molecule has 112 valence electrons. The SMILES string of the molecule is Cn1nc(C(C)(C)C)nc1CC1(C(=O)O)CCCCC1. The van der Waals surface area contributed by atoms with Crippen molar-refractivity contribution in [3.63, 3.8) is 0 Å². The molecule has 5 nitrogen and oxygen atoms in total. The third-order valence-electron chi connectivity index (χ3n) is 4.28. The van der Waals surface area contributed by atoms with Crippen LogP contribution in [0.3, 0.4) is 0 Å². The first-order chi connectivity index (χ1) is 9.24. The predicted octanol–water partition coefficient (Wildman–Crippen LogP) is 2.69. The normalized spacial score (nSPS) is 19.0. The van der Waals surface area contributed by atoms with Gasteiger partial charge in [-0.25, -0.2) is 4.98 Å². The summed E-state index contributed by atoms with van der Waals surface area (Å²) in [5.74, 6) is 0.892. The van der Waals surface area contributed by atoms with E-state index in [9.17, 15) is 9.90 Å².